The van der Waals surface area contributed by atoms with Gasteiger partial charge in [0.05, 0.1) is 26.3 Å². The molecular weight excluding hydrogens is 326 g/mol. The zero-order valence-corrected chi connectivity index (χ0v) is 14.3. The smallest absolute Gasteiger partial charge is 0.257 e. The van der Waals surface area contributed by atoms with Crippen LogP contribution in [-0.4, -0.2) is 67.1 Å². The fraction of sp³-hybridized carbons (Fsp3) is 0.471. The summed E-state index contributed by atoms with van der Waals surface area (Å²) in [5.41, 5.74) is 0.839. The third-order valence-electron chi connectivity index (χ3n) is 3.79. The van der Waals surface area contributed by atoms with Gasteiger partial charge in [0.1, 0.15) is 18.5 Å². The molecule has 3 rings (SSSR count). The van der Waals surface area contributed by atoms with E-state index in [4.69, 9.17) is 18.7 Å². The summed E-state index contributed by atoms with van der Waals surface area (Å²) in [5.74, 6) is 1.80. The van der Waals surface area contributed by atoms with Crippen molar-refractivity contribution < 1.29 is 23.5 Å². The molecule has 1 amide bonds. The quantitative estimate of drug-likeness (QED) is 0.665. The predicted octanol–water partition coefficient (Wildman–Crippen LogP) is 1.30. The van der Waals surface area contributed by atoms with Crippen LogP contribution < -0.4 is 4.74 Å². The van der Waals surface area contributed by atoms with Gasteiger partial charge >= 0.3 is 0 Å². The number of nitrogens with zero attached hydrogens (tertiary/aromatic N) is 3. The first-order valence-corrected chi connectivity index (χ1v) is 8.07. The molecule has 0 radical (unpaired) electrons. The van der Waals surface area contributed by atoms with Crippen molar-refractivity contribution in [1.29, 1.82) is 0 Å². The van der Waals surface area contributed by atoms with Gasteiger partial charge in [-0.15, -0.1) is 0 Å². The summed E-state index contributed by atoms with van der Waals surface area (Å²) >= 11 is 0. The average Bonchev–Trinajstić information content (AvgIpc) is 3.01. The summed E-state index contributed by atoms with van der Waals surface area (Å²) in [6.45, 7) is 3.89. The largest absolute Gasteiger partial charge is 0.487 e. The predicted molar refractivity (Wildman–Crippen MR) is 88.2 cm³/mol. The molecule has 1 aliphatic heterocycles. The first-order valence-electron chi connectivity index (χ1n) is 8.07. The SMILES string of the molecule is COCCOCC(=O)N1CC(Oc2ccc(-c3nc(C)no3)cc2)C1. The van der Waals surface area contributed by atoms with Crippen LogP contribution in [0.3, 0.4) is 0 Å². The fourth-order valence-corrected chi connectivity index (χ4v) is 2.39. The Bertz CT molecular complexity index is 695. The summed E-state index contributed by atoms with van der Waals surface area (Å²) in [4.78, 5) is 17.8. The van der Waals surface area contributed by atoms with E-state index in [1.54, 1.807) is 18.9 Å². The van der Waals surface area contributed by atoms with Gasteiger partial charge in [0.2, 0.25) is 5.91 Å². The molecule has 0 atom stereocenters. The van der Waals surface area contributed by atoms with E-state index in [9.17, 15) is 4.79 Å². The zero-order chi connectivity index (χ0) is 17.6. The Morgan fingerprint density at radius 1 is 1.28 bits per heavy atom. The van der Waals surface area contributed by atoms with Gasteiger partial charge in [-0.05, 0) is 31.2 Å². The van der Waals surface area contributed by atoms with Crippen molar-refractivity contribution in [2.24, 2.45) is 0 Å². The summed E-state index contributed by atoms with van der Waals surface area (Å²) in [6.07, 6.45) is -0.000533. The number of rotatable bonds is 8. The second kappa shape index (κ2) is 8.09. The molecule has 8 nitrogen and oxygen atoms in total. The molecule has 8 heteroatoms. The highest BCUT2D eigenvalue weighted by Gasteiger charge is 2.32. The third-order valence-corrected chi connectivity index (χ3v) is 3.79. The molecule has 134 valence electrons. The highest BCUT2D eigenvalue weighted by Crippen LogP contribution is 2.23. The minimum atomic E-state index is -0.0296. The molecule has 1 aromatic carbocycles. The number of hydrogen-bond donors (Lipinski definition) is 0. The second-order valence-electron chi connectivity index (χ2n) is 5.76. The molecule has 25 heavy (non-hydrogen) atoms. The van der Waals surface area contributed by atoms with Crippen LogP contribution in [0.2, 0.25) is 0 Å². The first-order chi connectivity index (χ1) is 12.2. The highest BCUT2D eigenvalue weighted by molar-refractivity contribution is 5.78. The standard InChI is InChI=1S/C17H21N3O5/c1-12-18-17(25-19-12)13-3-5-14(6-4-13)24-15-9-20(10-15)16(21)11-23-8-7-22-2/h3-6,15H,7-11H2,1-2H3. The summed E-state index contributed by atoms with van der Waals surface area (Å²) < 4.78 is 21.1. The lowest BCUT2D eigenvalue weighted by molar-refractivity contribution is -0.145. The molecule has 0 N–H and O–H groups in total. The minimum Gasteiger partial charge on any atom is -0.487 e. The van der Waals surface area contributed by atoms with E-state index in [1.807, 2.05) is 24.3 Å². The molecule has 1 aliphatic rings. The molecule has 0 saturated carbocycles. The number of methoxy groups -OCH3 is 1. The average molecular weight is 347 g/mol. The molecule has 0 bridgehead atoms. The Morgan fingerprint density at radius 3 is 2.68 bits per heavy atom. The first kappa shape index (κ1) is 17.4. The van der Waals surface area contributed by atoms with Crippen molar-refractivity contribution in [3.63, 3.8) is 0 Å². The van der Waals surface area contributed by atoms with Gasteiger partial charge < -0.3 is 23.6 Å². The van der Waals surface area contributed by atoms with Crippen LogP contribution in [0.5, 0.6) is 5.75 Å². The van der Waals surface area contributed by atoms with Crippen LogP contribution in [0.4, 0.5) is 0 Å². The van der Waals surface area contributed by atoms with E-state index in [0.717, 1.165) is 11.3 Å². The lowest BCUT2D eigenvalue weighted by Gasteiger charge is -2.38. The van der Waals surface area contributed by atoms with Crippen LogP contribution in [0.25, 0.3) is 11.5 Å². The van der Waals surface area contributed by atoms with Gasteiger partial charge in [-0.1, -0.05) is 5.16 Å². The highest BCUT2D eigenvalue weighted by atomic mass is 16.5. The Hall–Kier alpha value is -2.45. The second-order valence-corrected chi connectivity index (χ2v) is 5.76. The van der Waals surface area contributed by atoms with E-state index < -0.39 is 0 Å². The van der Waals surface area contributed by atoms with Crippen LogP contribution in [-0.2, 0) is 14.3 Å². The van der Waals surface area contributed by atoms with Gasteiger partial charge in [-0.3, -0.25) is 4.79 Å². The number of carbonyl (C=O) groups is 1. The molecule has 2 heterocycles. The molecule has 2 aromatic rings. The summed E-state index contributed by atoms with van der Waals surface area (Å²) in [6, 6.07) is 7.45. The van der Waals surface area contributed by atoms with Gasteiger partial charge in [0.25, 0.3) is 5.89 Å². The van der Waals surface area contributed by atoms with E-state index in [1.165, 1.54) is 0 Å². The van der Waals surface area contributed by atoms with Crippen LogP contribution in [0, 0.1) is 6.92 Å². The van der Waals surface area contributed by atoms with Crippen molar-refractivity contribution in [2.45, 2.75) is 13.0 Å². The van der Waals surface area contributed by atoms with E-state index >= 15 is 0 Å². The number of hydrogen-bond acceptors (Lipinski definition) is 7. The van der Waals surface area contributed by atoms with Crippen molar-refractivity contribution in [3.8, 4) is 17.2 Å². The normalized spacial score (nSPS) is 14.4. The lowest BCUT2D eigenvalue weighted by Crippen LogP contribution is -2.57. The zero-order valence-electron chi connectivity index (χ0n) is 14.3. The molecule has 0 unspecified atom stereocenters. The van der Waals surface area contributed by atoms with Gasteiger partial charge in [0.15, 0.2) is 5.82 Å². The van der Waals surface area contributed by atoms with E-state index in [2.05, 4.69) is 10.1 Å². The third kappa shape index (κ3) is 4.55. The van der Waals surface area contributed by atoms with Crippen LogP contribution in [0.1, 0.15) is 5.82 Å². The Labute approximate surface area is 145 Å². The summed E-state index contributed by atoms with van der Waals surface area (Å²) in [5, 5.41) is 3.77. The number of aromatic nitrogens is 2. The van der Waals surface area contributed by atoms with Gasteiger partial charge in [-0.25, -0.2) is 0 Å². The van der Waals surface area contributed by atoms with E-state index in [0.29, 0.717) is 38.0 Å². The van der Waals surface area contributed by atoms with Crippen LogP contribution in [0.15, 0.2) is 28.8 Å². The molecule has 1 aromatic heterocycles. The number of aryl methyl sites for hydroxylation is 1. The van der Waals surface area contributed by atoms with Crippen molar-refractivity contribution >= 4 is 5.91 Å². The van der Waals surface area contributed by atoms with E-state index in [-0.39, 0.29) is 18.6 Å². The number of amides is 1. The maximum Gasteiger partial charge on any atom is 0.257 e. The topological polar surface area (TPSA) is 86.9 Å². The molecule has 0 aliphatic carbocycles. The lowest BCUT2D eigenvalue weighted by atomic mass is 10.1. The van der Waals surface area contributed by atoms with Crippen molar-refractivity contribution in [2.75, 3.05) is 40.0 Å². The molecular formula is C17H21N3O5. The minimum absolute atomic E-state index is 0.000533. The molecule has 0 spiro atoms. The van der Waals surface area contributed by atoms with Gasteiger partial charge in [0, 0.05) is 12.7 Å². The summed E-state index contributed by atoms with van der Waals surface area (Å²) in [7, 11) is 1.60. The molecule has 1 fully saturated rings. The molecule has 1 saturated heterocycles. The fourth-order valence-electron chi connectivity index (χ4n) is 2.39. The van der Waals surface area contributed by atoms with Crippen molar-refractivity contribution in [3.05, 3.63) is 30.1 Å². The number of benzene rings is 1. The van der Waals surface area contributed by atoms with Crippen molar-refractivity contribution in [1.82, 2.24) is 15.0 Å². The Kier molecular flexibility index (Phi) is 5.62. The number of carbonyl (C=O) groups excluding carboxylic acids is 1. The number of likely N-dealkylation sites (tertiary alicyclic amines) is 1. The number of ether oxygens (including phenoxy) is 3. The van der Waals surface area contributed by atoms with Gasteiger partial charge in [-0.2, -0.15) is 4.98 Å². The Balaban J connectivity index is 1.42. The van der Waals surface area contributed by atoms with Crippen LogP contribution >= 0.6 is 0 Å². The Morgan fingerprint density at radius 2 is 2.04 bits per heavy atom. The maximum atomic E-state index is 11.9. The maximum absolute atomic E-state index is 11.9. The monoisotopic (exact) mass is 347 g/mol.